The molecule has 0 rings (SSSR count). The Labute approximate surface area is 315 Å². The summed E-state index contributed by atoms with van der Waals surface area (Å²) in [6, 6.07) is 0. The van der Waals surface area contributed by atoms with E-state index in [1.807, 2.05) is 0 Å². The number of ether oxygens (including phenoxy) is 2. The second-order valence-corrected chi connectivity index (χ2v) is 14.4. The molecule has 0 amide bonds. The van der Waals surface area contributed by atoms with Gasteiger partial charge in [0.25, 0.3) is 7.82 Å². The van der Waals surface area contributed by atoms with Crippen LogP contribution in [0.25, 0.3) is 0 Å². The SMILES string of the molecule is CCCCCCCCCCCCCCC(=O)OCC(COP(=O)([O-])OCC(O)CO)OC(=O)CCCCCCCCCCCCCC.[Na+]. The molecule has 3 atom stereocenters. The van der Waals surface area contributed by atoms with Crippen LogP contribution in [0.4, 0.5) is 0 Å². The van der Waals surface area contributed by atoms with E-state index in [0.717, 1.165) is 38.5 Å². The maximum absolute atomic E-state index is 12.5. The predicted molar refractivity (Wildman–Crippen MR) is 185 cm³/mol. The molecule has 0 bridgehead atoms. The number of phosphoric ester groups is 1. The van der Waals surface area contributed by atoms with Gasteiger partial charge in [0, 0.05) is 12.8 Å². The number of unbranched alkanes of at least 4 members (excludes halogenated alkanes) is 22. The second kappa shape index (κ2) is 36.8. The van der Waals surface area contributed by atoms with E-state index in [1.54, 1.807) is 0 Å². The van der Waals surface area contributed by atoms with Crippen LogP contribution < -0.4 is 34.5 Å². The number of phosphoric acid groups is 1. The molecule has 0 aromatic carbocycles. The molecule has 0 aliphatic heterocycles. The smallest absolute Gasteiger partial charge is 0.756 e. The number of hydrogen-bond donors (Lipinski definition) is 2. The van der Waals surface area contributed by atoms with Gasteiger partial charge in [0.1, 0.15) is 12.7 Å². The standard InChI is InChI=1S/C36H71O10P.Na/c1-3-5-7-9-11-13-15-17-19-21-23-25-27-35(39)43-31-34(32-45-47(41,42)44-30-33(38)29-37)46-36(40)28-26-24-22-20-18-16-14-12-10-8-6-4-2;/h33-34,37-38H,3-32H2,1-2H3,(H,41,42);/q;+1/p-1. The van der Waals surface area contributed by atoms with E-state index in [-0.39, 0.29) is 49.0 Å². The number of hydrogen-bond acceptors (Lipinski definition) is 10. The molecular formula is C36H70NaO10P. The summed E-state index contributed by atoms with van der Waals surface area (Å²) in [6.45, 7) is 2.19. The Morgan fingerprint density at radius 3 is 1.33 bits per heavy atom. The fourth-order valence-electron chi connectivity index (χ4n) is 5.28. The van der Waals surface area contributed by atoms with Gasteiger partial charge in [-0.3, -0.25) is 14.2 Å². The molecule has 0 saturated heterocycles. The summed E-state index contributed by atoms with van der Waals surface area (Å²) in [5.41, 5.74) is 0. The zero-order valence-corrected chi connectivity index (χ0v) is 33.9. The Hall–Kier alpha value is -0.0300. The van der Waals surface area contributed by atoms with Crippen molar-refractivity contribution in [3.63, 3.8) is 0 Å². The van der Waals surface area contributed by atoms with Gasteiger partial charge >= 0.3 is 41.5 Å². The number of carbonyl (C=O) groups is 2. The molecule has 0 aliphatic carbocycles. The van der Waals surface area contributed by atoms with Crippen LogP contribution in [0, 0.1) is 0 Å². The minimum absolute atomic E-state index is 0. The van der Waals surface area contributed by atoms with E-state index in [9.17, 15) is 24.2 Å². The van der Waals surface area contributed by atoms with Crippen LogP contribution in [0.2, 0.25) is 0 Å². The van der Waals surface area contributed by atoms with Gasteiger partial charge in [0.05, 0.1) is 19.8 Å². The van der Waals surface area contributed by atoms with Crippen LogP contribution >= 0.6 is 7.82 Å². The normalized spacial score (nSPS) is 13.8. The van der Waals surface area contributed by atoms with Gasteiger partial charge in [0.2, 0.25) is 0 Å². The Morgan fingerprint density at radius 2 is 0.938 bits per heavy atom. The van der Waals surface area contributed by atoms with Crippen molar-refractivity contribution in [2.75, 3.05) is 26.4 Å². The van der Waals surface area contributed by atoms with Gasteiger partial charge in [-0.2, -0.15) is 0 Å². The van der Waals surface area contributed by atoms with Crippen LogP contribution in [0.1, 0.15) is 181 Å². The first-order valence-electron chi connectivity index (χ1n) is 19.0. The summed E-state index contributed by atoms with van der Waals surface area (Å²) in [5, 5.41) is 18.2. The van der Waals surface area contributed by atoms with Crippen molar-refractivity contribution in [1.29, 1.82) is 0 Å². The van der Waals surface area contributed by atoms with Crippen LogP contribution in [0.5, 0.6) is 0 Å². The van der Waals surface area contributed by atoms with E-state index >= 15 is 0 Å². The molecule has 0 spiro atoms. The van der Waals surface area contributed by atoms with Gasteiger partial charge in [-0.15, -0.1) is 0 Å². The Kier molecular flexibility index (Phi) is 38.3. The van der Waals surface area contributed by atoms with E-state index in [0.29, 0.717) is 12.8 Å². The summed E-state index contributed by atoms with van der Waals surface area (Å²) in [4.78, 5) is 36.9. The number of aliphatic hydroxyl groups excluding tert-OH is 2. The van der Waals surface area contributed by atoms with Gasteiger partial charge in [0.15, 0.2) is 6.10 Å². The second-order valence-electron chi connectivity index (χ2n) is 12.9. The predicted octanol–water partition coefficient (Wildman–Crippen LogP) is 5.48. The van der Waals surface area contributed by atoms with Crippen LogP contribution in [-0.4, -0.2) is 60.8 Å². The van der Waals surface area contributed by atoms with E-state index in [4.69, 9.17) is 19.1 Å². The molecule has 0 aromatic heterocycles. The average Bonchev–Trinajstić information content (AvgIpc) is 3.05. The summed E-state index contributed by atoms with van der Waals surface area (Å²) in [7, 11) is -4.85. The summed E-state index contributed by atoms with van der Waals surface area (Å²) < 4.78 is 32.2. The number of carbonyl (C=O) groups excluding carboxylic acids is 2. The third-order valence-electron chi connectivity index (χ3n) is 8.25. The van der Waals surface area contributed by atoms with Crippen molar-refractivity contribution in [3.8, 4) is 0 Å². The fourth-order valence-corrected chi connectivity index (χ4v) is 6.06. The Bertz CT molecular complexity index is 773. The summed E-state index contributed by atoms with van der Waals surface area (Å²) in [6.07, 6.45) is 26.2. The minimum Gasteiger partial charge on any atom is -0.756 e. The zero-order chi connectivity index (χ0) is 34.9. The van der Waals surface area contributed by atoms with Crippen molar-refractivity contribution in [1.82, 2.24) is 0 Å². The number of esters is 2. The van der Waals surface area contributed by atoms with Crippen LogP contribution in [0.3, 0.4) is 0 Å². The molecule has 3 unspecified atom stereocenters. The molecule has 0 heterocycles. The molecule has 0 aliphatic rings. The summed E-state index contributed by atoms with van der Waals surface area (Å²) >= 11 is 0. The zero-order valence-electron chi connectivity index (χ0n) is 31.0. The first kappa shape index (κ1) is 50.1. The van der Waals surface area contributed by atoms with Crippen molar-refractivity contribution in [2.24, 2.45) is 0 Å². The van der Waals surface area contributed by atoms with Crippen molar-refractivity contribution in [2.45, 2.75) is 193 Å². The molecule has 0 radical (unpaired) electrons. The molecule has 2 N–H and O–H groups in total. The summed E-state index contributed by atoms with van der Waals surface area (Å²) in [5.74, 6) is -0.952. The van der Waals surface area contributed by atoms with Gasteiger partial charge in [-0.25, -0.2) is 0 Å². The van der Waals surface area contributed by atoms with Gasteiger partial charge in [-0.05, 0) is 12.8 Å². The molecule has 0 fully saturated rings. The molecule has 0 saturated carbocycles. The van der Waals surface area contributed by atoms with Crippen molar-refractivity contribution < 1.29 is 77.3 Å². The molecular weight excluding hydrogens is 646 g/mol. The Morgan fingerprint density at radius 1 is 0.583 bits per heavy atom. The maximum Gasteiger partial charge on any atom is 1.00 e. The third-order valence-corrected chi connectivity index (χ3v) is 9.18. The number of rotatable bonds is 36. The largest absolute Gasteiger partial charge is 1.00 e. The average molecular weight is 717 g/mol. The molecule has 280 valence electrons. The van der Waals surface area contributed by atoms with Crippen LogP contribution in [0.15, 0.2) is 0 Å². The van der Waals surface area contributed by atoms with Crippen molar-refractivity contribution >= 4 is 19.8 Å². The van der Waals surface area contributed by atoms with E-state index in [1.165, 1.54) is 103 Å². The first-order valence-corrected chi connectivity index (χ1v) is 20.4. The molecule has 0 aromatic rings. The Balaban J connectivity index is 0. The van der Waals surface area contributed by atoms with Crippen molar-refractivity contribution in [3.05, 3.63) is 0 Å². The quantitative estimate of drug-likeness (QED) is 0.0369. The van der Waals surface area contributed by atoms with Crippen LogP contribution in [-0.2, 0) is 32.7 Å². The molecule has 48 heavy (non-hydrogen) atoms. The fraction of sp³-hybridized carbons (Fsp3) is 0.944. The maximum atomic E-state index is 12.5. The third kappa shape index (κ3) is 35.8. The van der Waals surface area contributed by atoms with E-state index < -0.39 is 51.8 Å². The molecule has 12 heteroatoms. The minimum atomic E-state index is -4.85. The monoisotopic (exact) mass is 716 g/mol. The molecule has 10 nitrogen and oxygen atoms in total. The first-order chi connectivity index (χ1) is 22.7. The topological polar surface area (TPSA) is 152 Å². The van der Waals surface area contributed by atoms with Gasteiger partial charge in [-0.1, -0.05) is 155 Å². The van der Waals surface area contributed by atoms with E-state index in [2.05, 4.69) is 18.4 Å². The number of aliphatic hydroxyl groups is 2. The van der Waals surface area contributed by atoms with Gasteiger partial charge < -0.3 is 33.6 Å².